The number of rotatable bonds is 5. The molecule has 1 aliphatic heterocycles. The van der Waals surface area contributed by atoms with Gasteiger partial charge in [0.2, 0.25) is 5.91 Å². The van der Waals surface area contributed by atoms with Crippen molar-refractivity contribution in [3.63, 3.8) is 0 Å². The molecule has 6 nitrogen and oxygen atoms in total. The fourth-order valence-corrected chi connectivity index (χ4v) is 3.78. The fraction of sp³-hybridized carbons (Fsp3) is 0.304. The number of piperidine rings is 1. The second-order valence-corrected chi connectivity index (χ2v) is 7.18. The molecule has 29 heavy (non-hydrogen) atoms. The van der Waals surface area contributed by atoms with Crippen molar-refractivity contribution >= 4 is 23.0 Å². The number of likely N-dealkylation sites (tertiary alicyclic amines) is 1. The normalized spacial score (nSPS) is 15.2. The number of carbonyl (C=O) groups excluding carboxylic acids is 1. The van der Waals surface area contributed by atoms with E-state index in [9.17, 15) is 4.79 Å². The first-order chi connectivity index (χ1) is 14.2. The smallest absolute Gasteiger partial charge is 0.246 e. The largest absolute Gasteiger partial charge is 0.497 e. The summed E-state index contributed by atoms with van der Waals surface area (Å²) in [4.78, 5) is 22.7. The zero-order valence-electron chi connectivity index (χ0n) is 16.7. The lowest BCUT2D eigenvalue weighted by Gasteiger charge is -2.30. The molecule has 0 aliphatic carbocycles. The van der Waals surface area contributed by atoms with Crippen LogP contribution >= 0.6 is 0 Å². The predicted molar refractivity (Wildman–Crippen MR) is 113 cm³/mol. The van der Waals surface area contributed by atoms with Gasteiger partial charge >= 0.3 is 0 Å². The predicted octanol–water partition coefficient (Wildman–Crippen LogP) is 4.00. The number of nitrogens with zero attached hydrogens (tertiary/aromatic N) is 2. The van der Waals surface area contributed by atoms with Crippen molar-refractivity contribution in [2.24, 2.45) is 0 Å². The zero-order valence-corrected chi connectivity index (χ0v) is 16.7. The van der Waals surface area contributed by atoms with E-state index in [1.807, 2.05) is 47.4 Å². The summed E-state index contributed by atoms with van der Waals surface area (Å²) in [7, 11) is 3.23. The van der Waals surface area contributed by atoms with Crippen LogP contribution in [0.25, 0.3) is 17.1 Å². The molecule has 1 aliphatic rings. The Kier molecular flexibility index (Phi) is 5.51. The summed E-state index contributed by atoms with van der Waals surface area (Å²) < 4.78 is 10.6. The quantitative estimate of drug-likeness (QED) is 0.668. The van der Waals surface area contributed by atoms with Crippen LogP contribution in [0.1, 0.15) is 30.1 Å². The number of benzene rings is 2. The van der Waals surface area contributed by atoms with E-state index in [0.29, 0.717) is 11.7 Å². The van der Waals surface area contributed by atoms with Gasteiger partial charge < -0.3 is 19.4 Å². The van der Waals surface area contributed by atoms with Gasteiger partial charge in [-0.15, -0.1) is 0 Å². The van der Waals surface area contributed by atoms with Gasteiger partial charge in [0.25, 0.3) is 0 Å². The second-order valence-electron chi connectivity index (χ2n) is 7.18. The van der Waals surface area contributed by atoms with Crippen LogP contribution in [0.4, 0.5) is 0 Å². The minimum atomic E-state index is 0.0120. The Labute approximate surface area is 170 Å². The molecule has 6 heteroatoms. The van der Waals surface area contributed by atoms with Gasteiger partial charge in [-0.1, -0.05) is 12.1 Å². The molecule has 3 aromatic rings. The van der Waals surface area contributed by atoms with Gasteiger partial charge in [0.15, 0.2) is 0 Å². The number of aromatic amines is 1. The number of ether oxygens (including phenoxy) is 2. The van der Waals surface area contributed by atoms with Crippen molar-refractivity contribution in [1.82, 2.24) is 14.9 Å². The van der Waals surface area contributed by atoms with E-state index < -0.39 is 0 Å². The second kappa shape index (κ2) is 8.39. The van der Waals surface area contributed by atoms with Gasteiger partial charge in [0, 0.05) is 30.6 Å². The minimum absolute atomic E-state index is 0.0120. The Morgan fingerprint density at radius 2 is 1.93 bits per heavy atom. The van der Waals surface area contributed by atoms with Crippen molar-refractivity contribution < 1.29 is 14.3 Å². The molecular formula is C23H25N3O3. The molecule has 0 atom stereocenters. The summed E-state index contributed by atoms with van der Waals surface area (Å²) in [5.41, 5.74) is 2.88. The molecule has 1 fully saturated rings. The van der Waals surface area contributed by atoms with Crippen LogP contribution in [0, 0.1) is 0 Å². The molecule has 1 aromatic heterocycles. The van der Waals surface area contributed by atoms with Crippen LogP contribution in [0.5, 0.6) is 11.5 Å². The number of aromatic nitrogens is 2. The molecule has 0 bridgehead atoms. The number of amides is 1. The molecule has 0 spiro atoms. The highest BCUT2D eigenvalue weighted by molar-refractivity contribution is 5.92. The summed E-state index contributed by atoms with van der Waals surface area (Å²) in [6, 6.07) is 13.6. The number of fused-ring (bicyclic) bond motifs is 1. The summed E-state index contributed by atoms with van der Waals surface area (Å²) in [5, 5.41) is 0. The Balaban J connectivity index is 1.39. The minimum Gasteiger partial charge on any atom is -0.497 e. The van der Waals surface area contributed by atoms with E-state index in [-0.39, 0.29) is 5.91 Å². The number of methoxy groups -OCH3 is 2. The number of hydrogen-bond donors (Lipinski definition) is 1. The number of nitrogens with one attached hydrogen (secondary N) is 1. The van der Waals surface area contributed by atoms with E-state index in [2.05, 4.69) is 4.98 Å². The Morgan fingerprint density at radius 1 is 1.14 bits per heavy atom. The topological polar surface area (TPSA) is 67.5 Å². The number of carbonyl (C=O) groups is 1. The molecular weight excluding hydrogens is 366 g/mol. The van der Waals surface area contributed by atoms with Gasteiger partial charge in [-0.25, -0.2) is 4.98 Å². The number of para-hydroxylation sites is 2. The van der Waals surface area contributed by atoms with Crippen LogP contribution in [-0.4, -0.2) is 48.1 Å². The maximum atomic E-state index is 12.7. The SMILES string of the molecule is COc1ccc(OC)c(/C=C/C(=O)N2CCC(c3nc4ccccc4[nH]3)CC2)c1. The molecule has 4 rings (SSSR count). The van der Waals surface area contributed by atoms with Gasteiger partial charge in [0.05, 0.1) is 25.3 Å². The van der Waals surface area contributed by atoms with E-state index in [1.54, 1.807) is 26.4 Å². The molecule has 1 amide bonds. The lowest BCUT2D eigenvalue weighted by atomic mass is 9.96. The molecule has 1 saturated heterocycles. The Bertz CT molecular complexity index is 1000. The van der Waals surface area contributed by atoms with E-state index in [1.165, 1.54) is 0 Å². The first-order valence-corrected chi connectivity index (χ1v) is 9.81. The van der Waals surface area contributed by atoms with Crippen LogP contribution in [0.2, 0.25) is 0 Å². The van der Waals surface area contributed by atoms with Crippen molar-refractivity contribution in [2.75, 3.05) is 27.3 Å². The maximum absolute atomic E-state index is 12.7. The van der Waals surface area contributed by atoms with Crippen molar-refractivity contribution in [2.45, 2.75) is 18.8 Å². The number of hydrogen-bond acceptors (Lipinski definition) is 4. The third kappa shape index (κ3) is 4.11. The van der Waals surface area contributed by atoms with Crippen LogP contribution < -0.4 is 9.47 Å². The Hall–Kier alpha value is -3.28. The average molecular weight is 391 g/mol. The third-order valence-electron chi connectivity index (χ3n) is 5.44. The lowest BCUT2D eigenvalue weighted by molar-refractivity contribution is -0.127. The summed E-state index contributed by atoms with van der Waals surface area (Å²) >= 11 is 0. The first kappa shape index (κ1) is 19.1. The van der Waals surface area contributed by atoms with Gasteiger partial charge in [-0.05, 0) is 49.2 Å². The molecule has 0 radical (unpaired) electrons. The number of H-pyrrole nitrogens is 1. The highest BCUT2D eigenvalue weighted by Gasteiger charge is 2.24. The van der Waals surface area contributed by atoms with E-state index in [4.69, 9.17) is 14.5 Å². The molecule has 2 aromatic carbocycles. The summed E-state index contributed by atoms with van der Waals surface area (Å²) in [6.07, 6.45) is 5.21. The average Bonchev–Trinajstić information content (AvgIpc) is 3.21. The lowest BCUT2D eigenvalue weighted by Crippen LogP contribution is -2.37. The highest BCUT2D eigenvalue weighted by Crippen LogP contribution is 2.28. The summed E-state index contributed by atoms with van der Waals surface area (Å²) in [5.74, 6) is 2.82. The van der Waals surface area contributed by atoms with Crippen molar-refractivity contribution in [1.29, 1.82) is 0 Å². The first-order valence-electron chi connectivity index (χ1n) is 9.81. The molecule has 0 unspecified atom stereocenters. The van der Waals surface area contributed by atoms with Gasteiger partial charge in [-0.3, -0.25) is 4.79 Å². The fourth-order valence-electron chi connectivity index (χ4n) is 3.78. The maximum Gasteiger partial charge on any atom is 0.246 e. The zero-order chi connectivity index (χ0) is 20.2. The van der Waals surface area contributed by atoms with Crippen LogP contribution in [-0.2, 0) is 4.79 Å². The highest BCUT2D eigenvalue weighted by atomic mass is 16.5. The third-order valence-corrected chi connectivity index (χ3v) is 5.44. The van der Waals surface area contributed by atoms with E-state index in [0.717, 1.165) is 54.1 Å². The standard InChI is InChI=1S/C23H25N3O3/c1-28-18-8-9-21(29-2)17(15-18)7-10-22(27)26-13-11-16(12-14-26)23-24-19-5-3-4-6-20(19)25-23/h3-10,15-16H,11-14H2,1-2H3,(H,24,25)/b10-7+. The number of imidazole rings is 1. The van der Waals surface area contributed by atoms with Gasteiger partial charge in [0.1, 0.15) is 17.3 Å². The summed E-state index contributed by atoms with van der Waals surface area (Å²) in [6.45, 7) is 1.44. The molecule has 2 heterocycles. The van der Waals surface area contributed by atoms with Crippen molar-refractivity contribution in [3.8, 4) is 11.5 Å². The van der Waals surface area contributed by atoms with Crippen molar-refractivity contribution in [3.05, 3.63) is 59.9 Å². The van der Waals surface area contributed by atoms with Gasteiger partial charge in [-0.2, -0.15) is 0 Å². The molecule has 150 valence electrons. The Morgan fingerprint density at radius 3 is 2.66 bits per heavy atom. The van der Waals surface area contributed by atoms with Crippen LogP contribution in [0.3, 0.4) is 0 Å². The monoisotopic (exact) mass is 391 g/mol. The molecule has 1 N–H and O–H groups in total. The van der Waals surface area contributed by atoms with Crippen LogP contribution in [0.15, 0.2) is 48.5 Å². The van der Waals surface area contributed by atoms with E-state index >= 15 is 0 Å². The molecule has 0 saturated carbocycles.